The van der Waals surface area contributed by atoms with Crippen molar-refractivity contribution in [2.45, 2.75) is 89.7 Å². The Balaban J connectivity index is 1.33. The van der Waals surface area contributed by atoms with Gasteiger partial charge in [0.05, 0.1) is 36.7 Å². The summed E-state index contributed by atoms with van der Waals surface area (Å²) in [5.41, 5.74) is 2.52. The highest BCUT2D eigenvalue weighted by atomic mass is 16.7. The first-order valence-electron chi connectivity index (χ1n) is 16.7. The van der Waals surface area contributed by atoms with Crippen LogP contribution in [0.15, 0.2) is 37.1 Å². The zero-order chi connectivity index (χ0) is 33.3. The molecule has 3 atom stereocenters. The van der Waals surface area contributed by atoms with Crippen LogP contribution in [0.3, 0.4) is 0 Å². The third-order valence-electron chi connectivity index (χ3n) is 8.96. The summed E-state index contributed by atoms with van der Waals surface area (Å²) in [6.45, 7) is 7.16. The second kappa shape index (κ2) is 16.2. The van der Waals surface area contributed by atoms with Crippen molar-refractivity contribution in [3.05, 3.63) is 48.3 Å². The van der Waals surface area contributed by atoms with Crippen LogP contribution in [-0.4, -0.2) is 79.4 Å². The molecule has 5 rings (SSSR count). The van der Waals surface area contributed by atoms with Crippen molar-refractivity contribution in [1.82, 2.24) is 9.47 Å². The van der Waals surface area contributed by atoms with Crippen LogP contribution in [0.4, 0.5) is 16.2 Å². The quantitative estimate of drug-likeness (QED) is 0.209. The van der Waals surface area contributed by atoms with Crippen LogP contribution in [0.2, 0.25) is 0 Å². The number of aryl methyl sites for hydroxylation is 2. The number of nitrogens with zero attached hydrogens (tertiary/aromatic N) is 3. The molecule has 0 bridgehead atoms. The van der Waals surface area contributed by atoms with Crippen molar-refractivity contribution in [3.8, 4) is 11.5 Å². The number of benzene rings is 1. The first-order valence-corrected chi connectivity index (χ1v) is 16.7. The Morgan fingerprint density at radius 2 is 1.91 bits per heavy atom. The van der Waals surface area contributed by atoms with Gasteiger partial charge in [-0.3, -0.25) is 9.59 Å². The number of hydrogen-bond donors (Lipinski definition) is 1. The molecule has 1 aromatic carbocycles. The van der Waals surface area contributed by atoms with Crippen LogP contribution < -0.4 is 19.7 Å². The van der Waals surface area contributed by atoms with Crippen molar-refractivity contribution in [3.63, 3.8) is 0 Å². The smallest absolute Gasteiger partial charge is 0.416 e. The molecule has 0 radical (unpaired) electrons. The minimum Gasteiger partial charge on any atom is -0.493 e. The average molecular weight is 653 g/mol. The molecule has 0 saturated carbocycles. The Morgan fingerprint density at radius 1 is 1.09 bits per heavy atom. The topological polar surface area (TPSA) is 121 Å². The van der Waals surface area contributed by atoms with E-state index in [4.69, 9.17) is 23.7 Å². The summed E-state index contributed by atoms with van der Waals surface area (Å²) >= 11 is 0. The normalized spacial score (nSPS) is 20.9. The molecule has 0 aliphatic carbocycles. The van der Waals surface area contributed by atoms with Gasteiger partial charge in [-0.2, -0.15) is 0 Å². The van der Waals surface area contributed by atoms with Crippen LogP contribution in [0.25, 0.3) is 0 Å². The van der Waals surface area contributed by atoms with E-state index in [-0.39, 0.29) is 24.5 Å². The van der Waals surface area contributed by atoms with Crippen LogP contribution >= 0.6 is 0 Å². The van der Waals surface area contributed by atoms with E-state index in [1.165, 1.54) is 18.1 Å². The Labute approximate surface area is 276 Å². The largest absolute Gasteiger partial charge is 0.493 e. The number of fused-ring (bicyclic) bond motifs is 2. The Kier molecular flexibility index (Phi) is 11.8. The van der Waals surface area contributed by atoms with Gasteiger partial charge in [0.25, 0.3) is 5.91 Å². The second-order valence-corrected chi connectivity index (χ2v) is 12.3. The minimum absolute atomic E-state index is 0.00215. The van der Waals surface area contributed by atoms with Crippen molar-refractivity contribution >= 4 is 29.3 Å². The third kappa shape index (κ3) is 8.28. The summed E-state index contributed by atoms with van der Waals surface area (Å²) in [7, 11) is 3.46. The molecule has 256 valence electrons. The maximum Gasteiger partial charge on any atom is 0.416 e. The van der Waals surface area contributed by atoms with Gasteiger partial charge >= 0.3 is 6.09 Å². The molecule has 0 spiro atoms. The van der Waals surface area contributed by atoms with Crippen LogP contribution in [-0.2, 0) is 26.1 Å². The molecule has 1 aromatic heterocycles. The molecule has 2 fully saturated rings. The standard InChI is InChI=1S/C35H48N4O8/c1-5-17-46-35(42)39-28-22-30(44-18-11-6-7-14-31(40)36-25-20-24(2)37(3)23-25)29(43-4)21-26(28)33(41)38-16-10-8-13-27(38)34(39)47-32-15-9-12-19-45-32/h5,20-23,27,32,34H,1,6-19H2,2-4H3,(H,36,40)/t27-,32?,34?/m0/s1. The minimum atomic E-state index is -0.826. The number of aromatic nitrogens is 1. The lowest BCUT2D eigenvalue weighted by Gasteiger charge is -2.42. The lowest BCUT2D eigenvalue weighted by atomic mass is 10.00. The van der Waals surface area contributed by atoms with Gasteiger partial charge in [0.2, 0.25) is 5.91 Å². The fraction of sp³-hybridized carbons (Fsp3) is 0.571. The van der Waals surface area contributed by atoms with Crippen molar-refractivity contribution in [2.75, 3.05) is 43.7 Å². The van der Waals surface area contributed by atoms with Crippen LogP contribution in [0, 0.1) is 6.92 Å². The summed E-state index contributed by atoms with van der Waals surface area (Å²) in [6.07, 6.45) is 9.05. The molecule has 3 aliphatic heterocycles. The van der Waals surface area contributed by atoms with Gasteiger partial charge in [-0.15, -0.1) is 0 Å². The SMILES string of the molecule is C=CCOC(=O)N1c2cc(OCCCCCC(=O)Nc3cc(C)n(C)c3)c(OC)cc2C(=O)N2CCCC[C@H]2C1OC1CCCCO1. The van der Waals surface area contributed by atoms with Crippen molar-refractivity contribution < 1.29 is 38.1 Å². The molecule has 2 saturated heterocycles. The third-order valence-corrected chi connectivity index (χ3v) is 8.96. The summed E-state index contributed by atoms with van der Waals surface area (Å²) in [4.78, 5) is 43.5. The summed E-state index contributed by atoms with van der Waals surface area (Å²) in [5.74, 6) is 0.558. The molecule has 1 N–H and O–H groups in total. The van der Waals surface area contributed by atoms with E-state index in [1.807, 2.05) is 35.7 Å². The number of unbranched alkanes of at least 4 members (excludes halogenated alkanes) is 2. The first kappa shape index (κ1) is 34.3. The fourth-order valence-electron chi connectivity index (χ4n) is 6.40. The number of hydrogen-bond acceptors (Lipinski definition) is 8. The van der Waals surface area contributed by atoms with E-state index >= 15 is 0 Å². The number of anilines is 2. The van der Waals surface area contributed by atoms with Gasteiger partial charge in [0, 0.05) is 44.6 Å². The molecule has 3 amide bonds. The predicted molar refractivity (Wildman–Crippen MR) is 177 cm³/mol. The monoisotopic (exact) mass is 652 g/mol. The van der Waals surface area contributed by atoms with E-state index in [2.05, 4.69) is 11.9 Å². The van der Waals surface area contributed by atoms with Gasteiger partial charge in [-0.05, 0) is 76.8 Å². The zero-order valence-corrected chi connectivity index (χ0v) is 27.8. The van der Waals surface area contributed by atoms with E-state index in [1.54, 1.807) is 12.1 Å². The number of piperidine rings is 1. The van der Waals surface area contributed by atoms with E-state index < -0.39 is 18.6 Å². The molecule has 47 heavy (non-hydrogen) atoms. The molecule has 2 unspecified atom stereocenters. The van der Waals surface area contributed by atoms with Gasteiger partial charge in [-0.25, -0.2) is 9.69 Å². The van der Waals surface area contributed by atoms with Gasteiger partial charge in [-0.1, -0.05) is 12.7 Å². The van der Waals surface area contributed by atoms with Gasteiger partial charge in [0.15, 0.2) is 24.0 Å². The number of nitrogens with one attached hydrogen (secondary N) is 1. The van der Waals surface area contributed by atoms with Gasteiger partial charge in [0.1, 0.15) is 6.61 Å². The van der Waals surface area contributed by atoms with E-state index in [0.717, 1.165) is 43.5 Å². The number of carbonyl (C=O) groups is 3. The number of rotatable bonds is 13. The molecule has 12 nitrogen and oxygen atoms in total. The molecular formula is C35H48N4O8. The molecular weight excluding hydrogens is 604 g/mol. The van der Waals surface area contributed by atoms with Crippen molar-refractivity contribution in [2.24, 2.45) is 7.05 Å². The number of methoxy groups -OCH3 is 1. The molecule has 3 aliphatic rings. The maximum atomic E-state index is 14.1. The second-order valence-electron chi connectivity index (χ2n) is 12.3. The Morgan fingerprint density at radius 3 is 2.64 bits per heavy atom. The Hall–Kier alpha value is -4.03. The summed E-state index contributed by atoms with van der Waals surface area (Å²) in [5, 5.41) is 2.94. The summed E-state index contributed by atoms with van der Waals surface area (Å²) < 4.78 is 31.9. The van der Waals surface area contributed by atoms with Crippen LogP contribution in [0.5, 0.6) is 11.5 Å². The fourth-order valence-corrected chi connectivity index (χ4v) is 6.40. The number of carbonyl (C=O) groups excluding carboxylic acids is 3. The first-order chi connectivity index (χ1) is 22.8. The van der Waals surface area contributed by atoms with E-state index in [0.29, 0.717) is 74.6 Å². The lowest BCUT2D eigenvalue weighted by Crippen LogP contribution is -2.57. The average Bonchev–Trinajstić information content (AvgIpc) is 3.35. The zero-order valence-electron chi connectivity index (χ0n) is 27.8. The highest BCUT2D eigenvalue weighted by molar-refractivity contribution is 6.06. The summed E-state index contributed by atoms with van der Waals surface area (Å²) in [6, 6.07) is 4.87. The van der Waals surface area contributed by atoms with Gasteiger partial charge < -0.3 is 38.5 Å². The maximum absolute atomic E-state index is 14.1. The molecule has 4 heterocycles. The van der Waals surface area contributed by atoms with Crippen molar-refractivity contribution in [1.29, 1.82) is 0 Å². The number of ether oxygens (including phenoxy) is 5. The Bertz CT molecular complexity index is 1400. The number of amides is 3. The van der Waals surface area contributed by atoms with Crippen LogP contribution in [0.1, 0.15) is 80.3 Å². The lowest BCUT2D eigenvalue weighted by molar-refractivity contribution is -0.198. The molecule has 12 heteroatoms. The highest BCUT2D eigenvalue weighted by Gasteiger charge is 2.46. The highest BCUT2D eigenvalue weighted by Crippen LogP contribution is 2.42. The molecule has 2 aromatic rings. The van der Waals surface area contributed by atoms with E-state index in [9.17, 15) is 14.4 Å². The predicted octanol–water partition coefficient (Wildman–Crippen LogP) is 5.93.